The van der Waals surface area contributed by atoms with Crippen molar-refractivity contribution in [2.24, 2.45) is 0 Å². The van der Waals surface area contributed by atoms with E-state index in [2.05, 4.69) is 18.1 Å². The Balaban J connectivity index is 2.77. The second-order valence-electron chi connectivity index (χ2n) is 3.82. The first-order chi connectivity index (χ1) is 7.60. The number of carbonyl (C=O) groups excluding carboxylic acids is 1. The highest BCUT2D eigenvalue weighted by Gasteiger charge is 2.16. The van der Waals surface area contributed by atoms with E-state index in [9.17, 15) is 4.79 Å². The molecule has 0 aliphatic rings. The second-order valence-corrected chi connectivity index (χ2v) is 4.73. The molecule has 1 heterocycles. The summed E-state index contributed by atoms with van der Waals surface area (Å²) < 4.78 is 5.50. The van der Waals surface area contributed by atoms with Crippen molar-refractivity contribution in [2.45, 2.75) is 26.3 Å². The quantitative estimate of drug-likeness (QED) is 0.717. The molecule has 4 heteroatoms. The summed E-state index contributed by atoms with van der Waals surface area (Å²) in [6.45, 7) is 3.67. The van der Waals surface area contributed by atoms with Gasteiger partial charge in [0.15, 0.2) is 17.4 Å². The van der Waals surface area contributed by atoms with Crippen molar-refractivity contribution in [1.29, 1.82) is 0 Å². The molecular weight excluding hydrogens is 222 g/mol. The molecule has 0 aliphatic carbocycles. The van der Waals surface area contributed by atoms with Crippen LogP contribution in [0.2, 0.25) is 0 Å². The van der Waals surface area contributed by atoms with Gasteiger partial charge in [-0.15, -0.1) is 0 Å². The summed E-state index contributed by atoms with van der Waals surface area (Å²) >= 11 is 1.82. The van der Waals surface area contributed by atoms with Crippen molar-refractivity contribution in [3.63, 3.8) is 0 Å². The maximum atomic E-state index is 11.1. The Labute approximate surface area is 101 Å². The second kappa shape index (κ2) is 5.99. The molecule has 3 nitrogen and oxygen atoms in total. The Bertz CT molecular complexity index is 349. The van der Waals surface area contributed by atoms with Crippen LogP contribution in [0.1, 0.15) is 30.8 Å². The molecule has 0 saturated heterocycles. The SMILES string of the molecule is CCC(CSC)N(C)c1ccc(C(C)=O)o1. The molecule has 1 aromatic heterocycles. The third-order valence-electron chi connectivity index (χ3n) is 2.66. The molecule has 0 bridgehead atoms. The van der Waals surface area contributed by atoms with Gasteiger partial charge in [-0.3, -0.25) is 4.79 Å². The standard InChI is InChI=1S/C12H19NO2S/c1-5-10(8-16-4)13(3)12-7-6-11(15-12)9(2)14/h6-7,10H,5,8H2,1-4H3. The highest BCUT2D eigenvalue weighted by atomic mass is 32.2. The maximum Gasteiger partial charge on any atom is 0.196 e. The van der Waals surface area contributed by atoms with Crippen LogP contribution < -0.4 is 4.90 Å². The number of Topliss-reactive ketones (excluding diaryl/α,β-unsaturated/α-hetero) is 1. The Morgan fingerprint density at radius 3 is 2.69 bits per heavy atom. The molecule has 1 rings (SSSR count). The van der Waals surface area contributed by atoms with E-state index in [1.165, 1.54) is 6.92 Å². The van der Waals surface area contributed by atoms with Crippen LogP contribution in [-0.4, -0.2) is 30.9 Å². The van der Waals surface area contributed by atoms with E-state index in [0.717, 1.165) is 18.1 Å². The normalized spacial score (nSPS) is 12.5. The van der Waals surface area contributed by atoms with Crippen LogP contribution in [0.3, 0.4) is 0 Å². The lowest BCUT2D eigenvalue weighted by Crippen LogP contribution is -2.32. The van der Waals surface area contributed by atoms with Gasteiger partial charge in [0.2, 0.25) is 0 Å². The van der Waals surface area contributed by atoms with Crippen molar-refractivity contribution >= 4 is 23.4 Å². The number of carbonyl (C=O) groups is 1. The molecule has 0 aromatic carbocycles. The third-order valence-corrected chi connectivity index (χ3v) is 3.38. The average Bonchev–Trinajstić information content (AvgIpc) is 2.74. The fourth-order valence-corrected chi connectivity index (χ4v) is 2.43. The van der Waals surface area contributed by atoms with E-state index < -0.39 is 0 Å². The number of nitrogens with zero attached hydrogens (tertiary/aromatic N) is 1. The Morgan fingerprint density at radius 2 is 2.25 bits per heavy atom. The van der Waals surface area contributed by atoms with Gasteiger partial charge in [0, 0.05) is 31.8 Å². The van der Waals surface area contributed by atoms with E-state index in [1.54, 1.807) is 6.07 Å². The zero-order valence-electron chi connectivity index (χ0n) is 10.3. The molecule has 0 saturated carbocycles. The minimum atomic E-state index is -0.0300. The molecule has 0 N–H and O–H groups in total. The molecule has 1 aromatic rings. The van der Waals surface area contributed by atoms with Crippen LogP contribution in [0.5, 0.6) is 0 Å². The largest absolute Gasteiger partial charge is 0.437 e. The zero-order valence-corrected chi connectivity index (χ0v) is 11.1. The van der Waals surface area contributed by atoms with E-state index in [1.807, 2.05) is 24.9 Å². The predicted octanol–water partition coefficient (Wildman–Crippen LogP) is 3.06. The number of ketones is 1. The number of hydrogen-bond donors (Lipinski definition) is 0. The van der Waals surface area contributed by atoms with Gasteiger partial charge in [-0.1, -0.05) is 6.92 Å². The molecule has 1 atom stereocenters. The third kappa shape index (κ3) is 3.04. The first kappa shape index (κ1) is 13.2. The Hall–Kier alpha value is -0.900. The Morgan fingerprint density at radius 1 is 1.56 bits per heavy atom. The van der Waals surface area contributed by atoms with Crippen LogP contribution in [0.25, 0.3) is 0 Å². The molecular formula is C12H19NO2S. The summed E-state index contributed by atoms with van der Waals surface area (Å²) in [5.74, 6) is 2.23. The minimum absolute atomic E-state index is 0.0300. The van der Waals surface area contributed by atoms with Crippen LogP contribution in [0.15, 0.2) is 16.5 Å². The van der Waals surface area contributed by atoms with Gasteiger partial charge < -0.3 is 9.32 Å². The van der Waals surface area contributed by atoms with Gasteiger partial charge in [0.1, 0.15) is 0 Å². The lowest BCUT2D eigenvalue weighted by atomic mass is 10.2. The summed E-state index contributed by atoms with van der Waals surface area (Å²) in [4.78, 5) is 13.2. The highest BCUT2D eigenvalue weighted by Crippen LogP contribution is 2.22. The van der Waals surface area contributed by atoms with Gasteiger partial charge in [0.25, 0.3) is 0 Å². The smallest absolute Gasteiger partial charge is 0.196 e. The first-order valence-electron chi connectivity index (χ1n) is 5.42. The van der Waals surface area contributed by atoms with Crippen LogP contribution in [0.4, 0.5) is 5.88 Å². The number of rotatable bonds is 6. The minimum Gasteiger partial charge on any atom is -0.437 e. The molecule has 0 amide bonds. The number of thioether (sulfide) groups is 1. The fourth-order valence-electron chi connectivity index (χ4n) is 1.58. The van der Waals surface area contributed by atoms with Crippen LogP contribution in [0, 0.1) is 0 Å². The van der Waals surface area contributed by atoms with Gasteiger partial charge >= 0.3 is 0 Å². The lowest BCUT2D eigenvalue weighted by Gasteiger charge is -2.26. The maximum absolute atomic E-state index is 11.1. The summed E-state index contributed by atoms with van der Waals surface area (Å²) in [7, 11) is 2.01. The molecule has 16 heavy (non-hydrogen) atoms. The fraction of sp³-hybridized carbons (Fsp3) is 0.583. The van der Waals surface area contributed by atoms with Crippen LogP contribution >= 0.6 is 11.8 Å². The van der Waals surface area contributed by atoms with E-state index in [0.29, 0.717) is 11.8 Å². The molecule has 1 unspecified atom stereocenters. The van der Waals surface area contributed by atoms with Gasteiger partial charge in [-0.05, 0) is 18.7 Å². The number of hydrogen-bond acceptors (Lipinski definition) is 4. The Kier molecular flexibility index (Phi) is 4.93. The topological polar surface area (TPSA) is 33.5 Å². The zero-order chi connectivity index (χ0) is 12.1. The lowest BCUT2D eigenvalue weighted by molar-refractivity contribution is 0.0987. The first-order valence-corrected chi connectivity index (χ1v) is 6.82. The number of anilines is 1. The number of furan rings is 1. The molecule has 0 aliphatic heterocycles. The molecule has 90 valence electrons. The van der Waals surface area contributed by atoms with Crippen molar-refractivity contribution in [2.75, 3.05) is 24.0 Å². The van der Waals surface area contributed by atoms with Gasteiger partial charge in [0.05, 0.1) is 0 Å². The average molecular weight is 241 g/mol. The predicted molar refractivity (Wildman–Crippen MR) is 69.6 cm³/mol. The van der Waals surface area contributed by atoms with Gasteiger partial charge in [-0.25, -0.2) is 0 Å². The summed E-state index contributed by atoms with van der Waals surface area (Å²) in [5, 5.41) is 0. The van der Waals surface area contributed by atoms with E-state index in [-0.39, 0.29) is 5.78 Å². The van der Waals surface area contributed by atoms with Gasteiger partial charge in [-0.2, -0.15) is 11.8 Å². The molecule has 0 fully saturated rings. The van der Waals surface area contributed by atoms with Crippen molar-refractivity contribution in [3.8, 4) is 0 Å². The highest BCUT2D eigenvalue weighted by molar-refractivity contribution is 7.98. The van der Waals surface area contributed by atoms with E-state index >= 15 is 0 Å². The van der Waals surface area contributed by atoms with E-state index in [4.69, 9.17) is 4.42 Å². The summed E-state index contributed by atoms with van der Waals surface area (Å²) in [6.07, 6.45) is 3.16. The van der Waals surface area contributed by atoms with Crippen molar-refractivity contribution in [3.05, 3.63) is 17.9 Å². The molecule has 0 radical (unpaired) electrons. The van der Waals surface area contributed by atoms with Crippen molar-refractivity contribution < 1.29 is 9.21 Å². The van der Waals surface area contributed by atoms with Crippen LogP contribution in [-0.2, 0) is 0 Å². The monoisotopic (exact) mass is 241 g/mol. The summed E-state index contributed by atoms with van der Waals surface area (Å²) in [6, 6.07) is 4.04. The van der Waals surface area contributed by atoms with Crippen molar-refractivity contribution in [1.82, 2.24) is 0 Å². The summed E-state index contributed by atoms with van der Waals surface area (Å²) in [5.41, 5.74) is 0. The molecule has 0 spiro atoms.